The van der Waals surface area contributed by atoms with E-state index in [1.54, 1.807) is 20.8 Å². The molecular formula is C24H43N5O8. The van der Waals surface area contributed by atoms with Crippen LogP contribution in [0.25, 0.3) is 0 Å². The molecule has 0 aromatic rings. The summed E-state index contributed by atoms with van der Waals surface area (Å²) in [6.45, 7) is 8.58. The van der Waals surface area contributed by atoms with Crippen LogP contribution in [0.4, 0.5) is 9.59 Å². The maximum atomic E-state index is 12.3. The SMILES string of the molecule is CC1CC(=O)N(C)C1=O.CCCC(=O)NCCNC(=O)C(CCCCNC(=O)OCC)NC(=O)OCC. The highest BCUT2D eigenvalue weighted by Gasteiger charge is 2.32. The lowest BCUT2D eigenvalue weighted by Crippen LogP contribution is -2.48. The van der Waals surface area contributed by atoms with Crippen LogP contribution < -0.4 is 21.3 Å². The predicted octanol–water partition coefficient (Wildman–Crippen LogP) is 1.06. The Bertz CT molecular complexity index is 761. The number of likely N-dealkylation sites (tertiary alicyclic amines) is 1. The van der Waals surface area contributed by atoms with Gasteiger partial charge in [-0.25, -0.2) is 9.59 Å². The first-order chi connectivity index (χ1) is 17.6. The second-order valence-corrected chi connectivity index (χ2v) is 8.35. The summed E-state index contributed by atoms with van der Waals surface area (Å²) in [5.74, 6) is -0.627. The van der Waals surface area contributed by atoms with Crippen molar-refractivity contribution in [1.82, 2.24) is 26.2 Å². The van der Waals surface area contributed by atoms with Gasteiger partial charge in [-0.15, -0.1) is 0 Å². The van der Waals surface area contributed by atoms with Crippen molar-refractivity contribution in [3.8, 4) is 0 Å². The third-order valence-electron chi connectivity index (χ3n) is 5.18. The molecular weight excluding hydrogens is 486 g/mol. The fraction of sp³-hybridized carbons (Fsp3) is 0.750. The Kier molecular flexibility index (Phi) is 18.0. The number of nitrogens with zero attached hydrogens (tertiary/aromatic N) is 1. The summed E-state index contributed by atoms with van der Waals surface area (Å²) in [6.07, 6.45) is 2.06. The molecule has 1 aliphatic rings. The molecule has 1 rings (SSSR count). The number of ether oxygens (including phenoxy) is 2. The number of rotatable bonds is 14. The molecule has 1 fully saturated rings. The van der Waals surface area contributed by atoms with Gasteiger partial charge in [0.2, 0.25) is 23.6 Å². The van der Waals surface area contributed by atoms with Crippen LogP contribution in [0.15, 0.2) is 0 Å². The highest BCUT2D eigenvalue weighted by atomic mass is 16.6. The molecule has 2 unspecified atom stereocenters. The first-order valence-corrected chi connectivity index (χ1v) is 12.8. The van der Waals surface area contributed by atoms with Crippen molar-refractivity contribution in [3.63, 3.8) is 0 Å². The highest BCUT2D eigenvalue weighted by molar-refractivity contribution is 6.02. The van der Waals surface area contributed by atoms with E-state index in [0.29, 0.717) is 51.8 Å². The van der Waals surface area contributed by atoms with Crippen molar-refractivity contribution in [2.75, 3.05) is 39.9 Å². The molecule has 2 atom stereocenters. The number of amides is 6. The summed E-state index contributed by atoms with van der Waals surface area (Å²) in [5.41, 5.74) is 0. The first-order valence-electron chi connectivity index (χ1n) is 12.8. The van der Waals surface area contributed by atoms with E-state index < -0.39 is 18.2 Å². The monoisotopic (exact) mass is 529 g/mol. The van der Waals surface area contributed by atoms with Crippen molar-refractivity contribution in [3.05, 3.63) is 0 Å². The Labute approximate surface area is 218 Å². The molecule has 13 heteroatoms. The van der Waals surface area contributed by atoms with Crippen LogP contribution in [-0.2, 0) is 28.7 Å². The van der Waals surface area contributed by atoms with Crippen molar-refractivity contribution in [2.24, 2.45) is 5.92 Å². The minimum atomic E-state index is -0.756. The second kappa shape index (κ2) is 19.8. The molecule has 0 radical (unpaired) electrons. The highest BCUT2D eigenvalue weighted by Crippen LogP contribution is 2.15. The summed E-state index contributed by atoms with van der Waals surface area (Å²) in [6, 6.07) is -0.756. The van der Waals surface area contributed by atoms with Gasteiger partial charge in [0.25, 0.3) is 0 Å². The molecule has 1 heterocycles. The fourth-order valence-electron chi connectivity index (χ4n) is 3.20. The zero-order valence-corrected chi connectivity index (χ0v) is 22.6. The van der Waals surface area contributed by atoms with Gasteiger partial charge in [-0.3, -0.25) is 24.1 Å². The molecule has 4 N–H and O–H groups in total. The van der Waals surface area contributed by atoms with Crippen molar-refractivity contribution in [2.45, 2.75) is 72.3 Å². The smallest absolute Gasteiger partial charge is 0.407 e. The van der Waals surface area contributed by atoms with Crippen LogP contribution in [0.5, 0.6) is 0 Å². The molecule has 0 bridgehead atoms. The van der Waals surface area contributed by atoms with E-state index in [2.05, 4.69) is 21.3 Å². The van der Waals surface area contributed by atoms with Gasteiger partial charge in [-0.2, -0.15) is 0 Å². The van der Waals surface area contributed by atoms with E-state index in [4.69, 9.17) is 9.47 Å². The van der Waals surface area contributed by atoms with Crippen LogP contribution in [0.2, 0.25) is 0 Å². The Morgan fingerprint density at radius 2 is 1.54 bits per heavy atom. The van der Waals surface area contributed by atoms with Crippen LogP contribution >= 0.6 is 0 Å². The number of hydrogen-bond acceptors (Lipinski definition) is 8. The van der Waals surface area contributed by atoms with Gasteiger partial charge in [0.1, 0.15) is 6.04 Å². The van der Waals surface area contributed by atoms with E-state index in [-0.39, 0.29) is 42.7 Å². The standard InChI is InChI=1S/C18H34N4O6.C6H9NO2/c1-4-9-15(23)19-12-13-20-16(24)14(22-18(26)28-6-3)10-7-8-11-21-17(25)27-5-2;1-4-3-5(8)7(2)6(4)9/h14H,4-13H2,1-3H3,(H,19,23)(H,20,24)(H,21,25)(H,22,26);4H,3H2,1-2H3. The zero-order valence-electron chi connectivity index (χ0n) is 22.6. The maximum absolute atomic E-state index is 12.3. The summed E-state index contributed by atoms with van der Waals surface area (Å²) in [4.78, 5) is 69.3. The molecule has 1 aliphatic heterocycles. The fourth-order valence-corrected chi connectivity index (χ4v) is 3.20. The molecule has 0 aliphatic carbocycles. The third kappa shape index (κ3) is 15.4. The second-order valence-electron chi connectivity index (χ2n) is 8.35. The lowest BCUT2D eigenvalue weighted by Gasteiger charge is -2.18. The third-order valence-corrected chi connectivity index (χ3v) is 5.18. The molecule has 1 saturated heterocycles. The first kappa shape index (κ1) is 33.6. The van der Waals surface area contributed by atoms with Gasteiger partial charge in [0.15, 0.2) is 0 Å². The van der Waals surface area contributed by atoms with Gasteiger partial charge >= 0.3 is 12.2 Å². The molecule has 6 amide bonds. The normalized spacial score (nSPS) is 15.2. The number of alkyl carbamates (subject to hydrolysis) is 2. The van der Waals surface area contributed by atoms with Crippen LogP contribution in [0.1, 0.15) is 66.2 Å². The molecule has 0 spiro atoms. The average molecular weight is 530 g/mol. The van der Waals surface area contributed by atoms with Crippen molar-refractivity contribution < 1.29 is 38.2 Å². The molecule has 13 nitrogen and oxygen atoms in total. The lowest BCUT2D eigenvalue weighted by atomic mass is 10.1. The Balaban J connectivity index is 0.00000120. The summed E-state index contributed by atoms with van der Waals surface area (Å²) in [5, 5.41) is 10.5. The number of carbonyl (C=O) groups is 6. The predicted molar refractivity (Wildman–Crippen MR) is 135 cm³/mol. The van der Waals surface area contributed by atoms with E-state index in [9.17, 15) is 28.8 Å². The van der Waals surface area contributed by atoms with Gasteiger partial charge < -0.3 is 30.7 Å². The Morgan fingerprint density at radius 3 is 2.05 bits per heavy atom. The molecule has 0 aromatic heterocycles. The van der Waals surface area contributed by atoms with E-state index >= 15 is 0 Å². The van der Waals surface area contributed by atoms with Gasteiger partial charge in [-0.05, 0) is 39.5 Å². The van der Waals surface area contributed by atoms with Gasteiger partial charge in [-0.1, -0.05) is 13.8 Å². The quantitative estimate of drug-likeness (QED) is 0.191. The van der Waals surface area contributed by atoms with Crippen LogP contribution in [0.3, 0.4) is 0 Å². The van der Waals surface area contributed by atoms with E-state index in [0.717, 1.165) is 6.42 Å². The van der Waals surface area contributed by atoms with Crippen LogP contribution in [-0.4, -0.2) is 86.7 Å². The molecule has 0 aromatic carbocycles. The number of carbonyl (C=O) groups excluding carboxylic acids is 6. The summed E-state index contributed by atoms with van der Waals surface area (Å²) >= 11 is 0. The van der Waals surface area contributed by atoms with Gasteiger partial charge in [0, 0.05) is 45.4 Å². The molecule has 212 valence electrons. The van der Waals surface area contributed by atoms with Gasteiger partial charge in [0.05, 0.1) is 13.2 Å². The molecule has 0 saturated carbocycles. The maximum Gasteiger partial charge on any atom is 0.407 e. The van der Waals surface area contributed by atoms with E-state index in [1.807, 2.05) is 6.92 Å². The van der Waals surface area contributed by atoms with Crippen molar-refractivity contribution in [1.29, 1.82) is 0 Å². The topological polar surface area (TPSA) is 172 Å². The Morgan fingerprint density at radius 1 is 0.919 bits per heavy atom. The zero-order chi connectivity index (χ0) is 28.2. The number of nitrogens with one attached hydrogen (secondary N) is 4. The lowest BCUT2D eigenvalue weighted by molar-refractivity contribution is -0.137. The minimum Gasteiger partial charge on any atom is -0.450 e. The van der Waals surface area contributed by atoms with Crippen LogP contribution in [0, 0.1) is 5.92 Å². The summed E-state index contributed by atoms with van der Waals surface area (Å²) in [7, 11) is 1.52. The molecule has 37 heavy (non-hydrogen) atoms. The Hall–Kier alpha value is -3.38. The number of unbranched alkanes of at least 4 members (excludes halogenated alkanes) is 1. The number of imide groups is 1. The number of hydrogen-bond donors (Lipinski definition) is 4. The average Bonchev–Trinajstić information content (AvgIpc) is 3.06. The van der Waals surface area contributed by atoms with Crippen molar-refractivity contribution >= 4 is 35.8 Å². The minimum absolute atomic E-state index is 0.0556. The summed E-state index contributed by atoms with van der Waals surface area (Å²) < 4.78 is 9.59. The van der Waals surface area contributed by atoms with E-state index in [1.165, 1.54) is 11.9 Å². The largest absolute Gasteiger partial charge is 0.450 e.